The minimum Gasteiger partial charge on any atom is -0.247 e. The van der Waals surface area contributed by atoms with E-state index in [1.807, 2.05) is 24.3 Å². The van der Waals surface area contributed by atoms with Gasteiger partial charge in [-0.3, -0.25) is 0 Å². The molecule has 1 fully saturated rings. The van der Waals surface area contributed by atoms with Crippen molar-refractivity contribution in [3.05, 3.63) is 76.4 Å². The van der Waals surface area contributed by atoms with Crippen LogP contribution in [-0.2, 0) is 0 Å². The molecule has 0 bridgehead atoms. The van der Waals surface area contributed by atoms with E-state index in [1.165, 1.54) is 31.7 Å². The van der Waals surface area contributed by atoms with E-state index in [4.69, 9.17) is 0 Å². The highest BCUT2D eigenvalue weighted by Crippen LogP contribution is 2.36. The van der Waals surface area contributed by atoms with Gasteiger partial charge < -0.3 is 0 Å². The minimum atomic E-state index is -0.907. The molecule has 1 saturated carbocycles. The predicted octanol–water partition coefficient (Wildman–Crippen LogP) is 8.34. The molecule has 3 rings (SSSR count). The van der Waals surface area contributed by atoms with Gasteiger partial charge in [0.2, 0.25) is 0 Å². The van der Waals surface area contributed by atoms with E-state index < -0.39 is 17.8 Å². The molecule has 31 heavy (non-hydrogen) atoms. The van der Waals surface area contributed by atoms with Crippen molar-refractivity contribution in [2.45, 2.75) is 76.8 Å². The van der Waals surface area contributed by atoms with E-state index in [0.717, 1.165) is 17.5 Å². The van der Waals surface area contributed by atoms with Gasteiger partial charge in [0.25, 0.3) is 0 Å². The molecular weight excluding hydrogens is 393 g/mol. The molecule has 0 N–H and O–H groups in total. The maximum atomic E-state index is 14.6. The maximum Gasteiger partial charge on any atom is 0.174 e. The predicted molar refractivity (Wildman–Crippen MR) is 123 cm³/mol. The van der Waals surface area contributed by atoms with Gasteiger partial charge in [-0.15, -0.1) is 0 Å². The molecule has 0 amide bonds. The second-order valence-electron chi connectivity index (χ2n) is 8.40. The van der Waals surface area contributed by atoms with Crippen LogP contribution < -0.4 is 0 Å². The van der Waals surface area contributed by atoms with E-state index in [-0.39, 0.29) is 11.5 Å². The standard InChI is InChI=1S/C28H31F3/c1-2-3-4-5-6-7-8-21-9-11-22(12-10-21)13-14-24-17-20-26(28(31)27(24)30)23-15-18-25(29)19-16-23/h7-12,17,20,23,25H,2-6,15-16,18-19H2,1H3/b8-7+. The number of alkyl halides is 1. The monoisotopic (exact) mass is 424 g/mol. The van der Waals surface area contributed by atoms with Crippen LogP contribution in [0.15, 0.2) is 42.5 Å². The highest BCUT2D eigenvalue weighted by atomic mass is 19.2. The van der Waals surface area contributed by atoms with Crippen molar-refractivity contribution in [3.63, 3.8) is 0 Å². The molecule has 0 aliphatic heterocycles. The van der Waals surface area contributed by atoms with E-state index >= 15 is 0 Å². The summed E-state index contributed by atoms with van der Waals surface area (Å²) >= 11 is 0. The van der Waals surface area contributed by atoms with Crippen molar-refractivity contribution in [3.8, 4) is 11.8 Å². The van der Waals surface area contributed by atoms with Crippen LogP contribution in [0.4, 0.5) is 13.2 Å². The summed E-state index contributed by atoms with van der Waals surface area (Å²) in [6.07, 6.45) is 11.5. The van der Waals surface area contributed by atoms with Gasteiger partial charge >= 0.3 is 0 Å². The first-order chi connectivity index (χ1) is 15.1. The number of hydrogen-bond donors (Lipinski definition) is 0. The number of benzene rings is 2. The van der Waals surface area contributed by atoms with Crippen LogP contribution in [-0.4, -0.2) is 6.17 Å². The average Bonchev–Trinajstić information content (AvgIpc) is 2.79. The normalized spacial score (nSPS) is 18.7. The fourth-order valence-electron chi connectivity index (χ4n) is 4.07. The van der Waals surface area contributed by atoms with Gasteiger partial charge in [-0.25, -0.2) is 13.2 Å². The molecule has 0 heterocycles. The van der Waals surface area contributed by atoms with E-state index in [0.29, 0.717) is 31.2 Å². The summed E-state index contributed by atoms with van der Waals surface area (Å²) in [6, 6.07) is 10.9. The van der Waals surface area contributed by atoms with E-state index in [9.17, 15) is 13.2 Å². The van der Waals surface area contributed by atoms with Gasteiger partial charge in [-0.1, -0.05) is 68.4 Å². The molecule has 0 nitrogen and oxygen atoms in total. The van der Waals surface area contributed by atoms with Crippen molar-refractivity contribution in [1.29, 1.82) is 0 Å². The Morgan fingerprint density at radius 1 is 0.871 bits per heavy atom. The summed E-state index contributed by atoms with van der Waals surface area (Å²) in [7, 11) is 0. The third kappa shape index (κ3) is 6.76. The number of rotatable bonds is 7. The first kappa shape index (κ1) is 23.2. The Morgan fingerprint density at radius 3 is 2.32 bits per heavy atom. The Balaban J connectivity index is 1.62. The van der Waals surface area contributed by atoms with Gasteiger partial charge in [0.1, 0.15) is 6.17 Å². The Hall–Kier alpha value is -2.47. The summed E-state index contributed by atoms with van der Waals surface area (Å²) in [6.45, 7) is 2.21. The molecule has 1 aliphatic rings. The van der Waals surface area contributed by atoms with Crippen LogP contribution >= 0.6 is 0 Å². The van der Waals surface area contributed by atoms with E-state index in [2.05, 4.69) is 30.9 Å². The lowest BCUT2D eigenvalue weighted by molar-refractivity contribution is 0.233. The molecule has 2 aromatic carbocycles. The smallest absolute Gasteiger partial charge is 0.174 e. The van der Waals surface area contributed by atoms with Crippen molar-refractivity contribution in [1.82, 2.24) is 0 Å². The Morgan fingerprint density at radius 2 is 1.61 bits per heavy atom. The maximum absolute atomic E-state index is 14.6. The quantitative estimate of drug-likeness (QED) is 0.309. The lowest BCUT2D eigenvalue weighted by atomic mass is 9.82. The van der Waals surface area contributed by atoms with Gasteiger partial charge in [-0.05, 0) is 73.8 Å². The first-order valence-electron chi connectivity index (χ1n) is 11.5. The van der Waals surface area contributed by atoms with Gasteiger partial charge in [0, 0.05) is 5.56 Å². The third-order valence-electron chi connectivity index (χ3n) is 6.00. The highest BCUT2D eigenvalue weighted by Gasteiger charge is 2.25. The SMILES string of the molecule is CCCCCC/C=C/c1ccc(C#Cc2ccc(C3CCC(F)CC3)c(F)c2F)cc1. The van der Waals surface area contributed by atoms with Crippen molar-refractivity contribution >= 4 is 6.08 Å². The lowest BCUT2D eigenvalue weighted by Gasteiger charge is -2.25. The van der Waals surface area contributed by atoms with E-state index in [1.54, 1.807) is 6.07 Å². The first-order valence-corrected chi connectivity index (χ1v) is 11.5. The second kappa shape index (κ2) is 11.8. The molecule has 2 aromatic rings. The molecule has 0 unspecified atom stereocenters. The molecule has 0 aromatic heterocycles. The lowest BCUT2D eigenvalue weighted by Crippen LogP contribution is -2.15. The fraction of sp³-hybridized carbons (Fsp3) is 0.429. The van der Waals surface area contributed by atoms with Crippen LogP contribution in [0.5, 0.6) is 0 Å². The summed E-state index contributed by atoms with van der Waals surface area (Å²) in [5.74, 6) is 3.81. The minimum absolute atomic E-state index is 0.0523. The molecule has 0 spiro atoms. The molecular formula is C28H31F3. The van der Waals surface area contributed by atoms with Gasteiger partial charge in [-0.2, -0.15) is 0 Å². The molecule has 1 aliphatic carbocycles. The number of allylic oxidation sites excluding steroid dienone is 1. The Bertz CT molecular complexity index is 923. The number of halogens is 3. The number of unbranched alkanes of at least 4 members (excludes halogenated alkanes) is 4. The van der Waals surface area contributed by atoms with Crippen LogP contribution in [0.3, 0.4) is 0 Å². The van der Waals surface area contributed by atoms with Gasteiger partial charge in [0.05, 0.1) is 5.56 Å². The molecule has 0 saturated heterocycles. The number of hydrogen-bond acceptors (Lipinski definition) is 0. The van der Waals surface area contributed by atoms with Crippen LogP contribution in [0.25, 0.3) is 6.08 Å². The third-order valence-corrected chi connectivity index (χ3v) is 6.00. The summed E-state index contributed by atoms with van der Waals surface area (Å²) in [5.41, 5.74) is 2.26. The van der Waals surface area contributed by atoms with Crippen molar-refractivity contribution in [2.75, 3.05) is 0 Å². The average molecular weight is 425 g/mol. The summed E-state index contributed by atoms with van der Waals surface area (Å²) < 4.78 is 42.5. The summed E-state index contributed by atoms with van der Waals surface area (Å²) in [4.78, 5) is 0. The topological polar surface area (TPSA) is 0 Å². The summed E-state index contributed by atoms with van der Waals surface area (Å²) in [5, 5.41) is 0. The Kier molecular flexibility index (Phi) is 8.83. The molecule has 3 heteroatoms. The molecule has 164 valence electrons. The van der Waals surface area contributed by atoms with Gasteiger partial charge in [0.15, 0.2) is 11.6 Å². The highest BCUT2D eigenvalue weighted by molar-refractivity contribution is 5.52. The van der Waals surface area contributed by atoms with Crippen molar-refractivity contribution in [2.24, 2.45) is 0 Å². The fourth-order valence-corrected chi connectivity index (χ4v) is 4.07. The Labute approximate surface area is 184 Å². The second-order valence-corrected chi connectivity index (χ2v) is 8.40. The zero-order valence-electron chi connectivity index (χ0n) is 18.3. The van der Waals surface area contributed by atoms with Crippen LogP contribution in [0.2, 0.25) is 0 Å². The zero-order chi connectivity index (χ0) is 22.1. The largest absolute Gasteiger partial charge is 0.247 e. The van der Waals surface area contributed by atoms with Crippen molar-refractivity contribution < 1.29 is 13.2 Å². The molecule has 0 atom stereocenters. The van der Waals surface area contributed by atoms with Crippen LogP contribution in [0, 0.1) is 23.5 Å². The van der Waals surface area contributed by atoms with Crippen LogP contribution in [0.1, 0.15) is 92.9 Å². The zero-order valence-corrected chi connectivity index (χ0v) is 18.3. The molecule has 0 radical (unpaired) electrons.